The minimum Gasteiger partial charge on any atom is -0.379 e. The maximum Gasteiger partial charge on any atom is 0.190 e. The van der Waals surface area contributed by atoms with Gasteiger partial charge < -0.3 is 9.30 Å². The van der Waals surface area contributed by atoms with Gasteiger partial charge in [0.25, 0.3) is 0 Å². The largest absolute Gasteiger partial charge is 0.379 e. The molecule has 0 amide bonds. The Labute approximate surface area is 183 Å². The smallest absolute Gasteiger partial charge is 0.190 e. The molecule has 2 aromatic carbocycles. The monoisotopic (exact) mass is 421 g/mol. The van der Waals surface area contributed by atoms with E-state index in [-0.39, 0.29) is 0 Å². The molecule has 0 spiro atoms. The molecule has 1 saturated heterocycles. The van der Waals surface area contributed by atoms with Crippen LogP contribution in [0.3, 0.4) is 0 Å². The van der Waals surface area contributed by atoms with Gasteiger partial charge in [0.1, 0.15) is 0 Å². The van der Waals surface area contributed by atoms with Crippen molar-refractivity contribution in [1.82, 2.24) is 9.47 Å². The Morgan fingerprint density at radius 2 is 1.50 bits per heavy atom. The average Bonchev–Trinajstić information content (AvgIpc) is 3.21. The van der Waals surface area contributed by atoms with Crippen LogP contribution < -0.4 is 4.80 Å². The molecule has 5 heteroatoms. The van der Waals surface area contributed by atoms with Gasteiger partial charge in [0, 0.05) is 31.6 Å². The van der Waals surface area contributed by atoms with Gasteiger partial charge in [-0.2, -0.15) is 0 Å². The Kier molecular flexibility index (Phi) is 7.16. The summed E-state index contributed by atoms with van der Waals surface area (Å²) in [6, 6.07) is 17.6. The van der Waals surface area contributed by atoms with E-state index < -0.39 is 0 Å². The van der Waals surface area contributed by atoms with Gasteiger partial charge in [-0.3, -0.25) is 4.90 Å². The summed E-state index contributed by atoms with van der Waals surface area (Å²) < 4.78 is 7.89. The number of nitrogens with zero attached hydrogens (tertiary/aromatic N) is 3. The van der Waals surface area contributed by atoms with E-state index >= 15 is 0 Å². The first-order chi connectivity index (χ1) is 14.8. The first-order valence-electron chi connectivity index (χ1n) is 11.0. The zero-order valence-electron chi connectivity index (χ0n) is 18.0. The minimum absolute atomic E-state index is 0.834. The first kappa shape index (κ1) is 21.0. The number of ether oxygens (including phenoxy) is 1. The van der Waals surface area contributed by atoms with Crippen LogP contribution >= 0.6 is 11.3 Å². The van der Waals surface area contributed by atoms with Crippen molar-refractivity contribution in [3.05, 3.63) is 69.8 Å². The lowest BCUT2D eigenvalue weighted by molar-refractivity contribution is 0.0363. The second-order valence-corrected chi connectivity index (χ2v) is 8.53. The maximum absolute atomic E-state index is 5.51. The standard InChI is InChI=1S/C25H31N3OS/c1-3-20-5-9-22(10-6-20)24-19-30-25(26-23-11-7-21(4-2)8-12-23)28(24)14-13-27-15-17-29-18-16-27/h5-12,19H,3-4,13-18H2,1-2H3. The summed E-state index contributed by atoms with van der Waals surface area (Å²) in [5, 5.41) is 2.25. The molecule has 0 radical (unpaired) electrons. The van der Waals surface area contributed by atoms with E-state index in [2.05, 4.69) is 77.2 Å². The average molecular weight is 422 g/mol. The van der Waals surface area contributed by atoms with Crippen LogP contribution in [-0.2, 0) is 24.1 Å². The van der Waals surface area contributed by atoms with Crippen LogP contribution in [0.4, 0.5) is 5.69 Å². The Hall–Kier alpha value is -2.21. The molecule has 4 rings (SSSR count). The van der Waals surface area contributed by atoms with Gasteiger partial charge in [-0.05, 0) is 41.7 Å². The summed E-state index contributed by atoms with van der Waals surface area (Å²) in [4.78, 5) is 8.54. The summed E-state index contributed by atoms with van der Waals surface area (Å²) in [6.45, 7) is 10.0. The highest BCUT2D eigenvalue weighted by atomic mass is 32.1. The van der Waals surface area contributed by atoms with Crippen molar-refractivity contribution in [2.24, 2.45) is 4.99 Å². The highest BCUT2D eigenvalue weighted by Gasteiger charge is 2.13. The zero-order valence-corrected chi connectivity index (χ0v) is 18.8. The molecular weight excluding hydrogens is 390 g/mol. The predicted octanol–water partition coefficient (Wildman–Crippen LogP) is 4.91. The van der Waals surface area contributed by atoms with Crippen molar-refractivity contribution in [2.45, 2.75) is 33.2 Å². The van der Waals surface area contributed by atoms with Gasteiger partial charge in [-0.15, -0.1) is 11.3 Å². The number of morpholine rings is 1. The number of rotatable bonds is 7. The Bertz CT molecular complexity index is 996. The van der Waals surface area contributed by atoms with Crippen molar-refractivity contribution in [2.75, 3.05) is 32.8 Å². The van der Waals surface area contributed by atoms with E-state index in [0.29, 0.717) is 0 Å². The molecule has 30 heavy (non-hydrogen) atoms. The van der Waals surface area contributed by atoms with Gasteiger partial charge in [-0.25, -0.2) is 4.99 Å². The fourth-order valence-electron chi connectivity index (χ4n) is 3.76. The molecule has 4 nitrogen and oxygen atoms in total. The van der Waals surface area contributed by atoms with E-state index in [1.54, 1.807) is 11.3 Å². The summed E-state index contributed by atoms with van der Waals surface area (Å²) in [7, 11) is 0. The van der Waals surface area contributed by atoms with E-state index in [4.69, 9.17) is 9.73 Å². The highest BCUT2D eigenvalue weighted by Crippen LogP contribution is 2.22. The summed E-state index contributed by atoms with van der Waals surface area (Å²) >= 11 is 1.73. The topological polar surface area (TPSA) is 29.8 Å². The van der Waals surface area contributed by atoms with Crippen molar-refractivity contribution < 1.29 is 4.74 Å². The van der Waals surface area contributed by atoms with Crippen LogP contribution in [0.5, 0.6) is 0 Å². The fraction of sp³-hybridized carbons (Fsp3) is 0.400. The Morgan fingerprint density at radius 3 is 2.13 bits per heavy atom. The molecule has 0 N–H and O–H groups in total. The highest BCUT2D eigenvalue weighted by molar-refractivity contribution is 7.07. The molecule has 3 aromatic rings. The Balaban J connectivity index is 1.67. The second kappa shape index (κ2) is 10.2. The molecule has 0 unspecified atom stereocenters. The minimum atomic E-state index is 0.834. The lowest BCUT2D eigenvalue weighted by Crippen LogP contribution is -2.39. The van der Waals surface area contributed by atoms with Crippen molar-refractivity contribution in [1.29, 1.82) is 0 Å². The summed E-state index contributed by atoms with van der Waals surface area (Å²) in [5.41, 5.74) is 6.24. The van der Waals surface area contributed by atoms with E-state index in [9.17, 15) is 0 Å². The van der Waals surface area contributed by atoms with Gasteiger partial charge >= 0.3 is 0 Å². The quantitative estimate of drug-likeness (QED) is 0.543. The Morgan fingerprint density at radius 1 is 0.867 bits per heavy atom. The van der Waals surface area contributed by atoms with Gasteiger partial charge in [0.2, 0.25) is 0 Å². The summed E-state index contributed by atoms with van der Waals surface area (Å²) in [6.07, 6.45) is 2.12. The number of benzene rings is 2. The van der Waals surface area contributed by atoms with Crippen LogP contribution in [0, 0.1) is 0 Å². The first-order valence-corrected chi connectivity index (χ1v) is 11.9. The molecule has 0 saturated carbocycles. The molecule has 1 aliphatic rings. The molecular formula is C25H31N3OS. The van der Waals surface area contributed by atoms with E-state index in [1.807, 2.05) is 0 Å². The SMILES string of the molecule is CCc1ccc(N=c2scc(-c3ccc(CC)cc3)n2CCN2CCOCC2)cc1. The molecule has 1 fully saturated rings. The second-order valence-electron chi connectivity index (χ2n) is 7.69. The lowest BCUT2D eigenvalue weighted by Gasteiger charge is -2.26. The normalized spacial score (nSPS) is 15.6. The van der Waals surface area contributed by atoms with Crippen LogP contribution in [0.15, 0.2) is 58.9 Å². The fourth-order valence-corrected chi connectivity index (χ4v) is 4.71. The number of aryl methyl sites for hydroxylation is 2. The van der Waals surface area contributed by atoms with Crippen molar-refractivity contribution >= 4 is 17.0 Å². The third-order valence-corrected chi connectivity index (χ3v) is 6.63. The van der Waals surface area contributed by atoms with E-state index in [0.717, 1.165) is 62.7 Å². The van der Waals surface area contributed by atoms with Crippen LogP contribution in [0.2, 0.25) is 0 Å². The van der Waals surface area contributed by atoms with Crippen LogP contribution in [0.1, 0.15) is 25.0 Å². The van der Waals surface area contributed by atoms with Gasteiger partial charge in [-0.1, -0.05) is 50.2 Å². The third kappa shape index (κ3) is 5.09. The predicted molar refractivity (Wildman–Crippen MR) is 125 cm³/mol. The summed E-state index contributed by atoms with van der Waals surface area (Å²) in [5.74, 6) is 0. The third-order valence-electron chi connectivity index (χ3n) is 5.77. The number of hydrogen-bond acceptors (Lipinski definition) is 4. The molecule has 2 heterocycles. The van der Waals surface area contributed by atoms with Crippen LogP contribution in [0.25, 0.3) is 11.3 Å². The van der Waals surface area contributed by atoms with Crippen molar-refractivity contribution in [3.8, 4) is 11.3 Å². The van der Waals surface area contributed by atoms with Gasteiger partial charge in [0.05, 0.1) is 24.6 Å². The van der Waals surface area contributed by atoms with Crippen LogP contribution in [-0.4, -0.2) is 42.3 Å². The maximum atomic E-state index is 5.51. The van der Waals surface area contributed by atoms with E-state index in [1.165, 1.54) is 22.4 Å². The molecule has 1 aliphatic heterocycles. The number of thiazole rings is 1. The van der Waals surface area contributed by atoms with Crippen molar-refractivity contribution in [3.63, 3.8) is 0 Å². The molecule has 158 valence electrons. The number of aromatic nitrogens is 1. The molecule has 0 bridgehead atoms. The lowest BCUT2D eigenvalue weighted by atomic mass is 10.1. The van der Waals surface area contributed by atoms with Gasteiger partial charge in [0.15, 0.2) is 4.80 Å². The zero-order chi connectivity index (χ0) is 20.8. The molecule has 1 aromatic heterocycles. The number of hydrogen-bond donors (Lipinski definition) is 0. The molecule has 0 atom stereocenters. The molecule has 0 aliphatic carbocycles.